The maximum absolute atomic E-state index is 12.6. The molecule has 0 atom stereocenters. The molecule has 1 aromatic heterocycles. The number of nitrogens with one attached hydrogen (secondary N) is 1. The molecule has 194 valence electrons. The fraction of sp³-hybridized carbons (Fsp3) is 0.333. The van der Waals surface area contributed by atoms with Gasteiger partial charge in [-0.2, -0.15) is 5.26 Å². The number of anilines is 1. The zero-order chi connectivity index (χ0) is 26.3. The fourth-order valence-corrected chi connectivity index (χ4v) is 3.98. The van der Waals surface area contributed by atoms with Gasteiger partial charge in [0.1, 0.15) is 35.6 Å². The Morgan fingerprint density at radius 2 is 1.78 bits per heavy atom. The third-order valence-electron chi connectivity index (χ3n) is 4.82. The van der Waals surface area contributed by atoms with Gasteiger partial charge in [-0.05, 0) is 49.2 Å². The summed E-state index contributed by atoms with van der Waals surface area (Å²) in [5, 5.41) is 21.4. The van der Waals surface area contributed by atoms with Crippen molar-refractivity contribution in [1.29, 1.82) is 5.26 Å². The van der Waals surface area contributed by atoms with Gasteiger partial charge in [-0.1, -0.05) is 42.5 Å². The number of aryl methyl sites for hydroxylation is 1. The first-order chi connectivity index (χ1) is 18.1. The topological polar surface area (TPSA) is 116 Å². The van der Waals surface area contributed by atoms with Gasteiger partial charge in [-0.15, -0.1) is 10.2 Å². The maximum Gasteiger partial charge on any atom is 0.268 e. The highest BCUT2D eigenvalue weighted by atomic mass is 32.1. The maximum atomic E-state index is 12.6. The average Bonchev–Trinajstić information content (AvgIpc) is 3.35. The average molecular weight is 523 g/mol. The van der Waals surface area contributed by atoms with Crippen LogP contribution in [-0.2, 0) is 16.0 Å². The van der Waals surface area contributed by atoms with E-state index in [2.05, 4.69) is 15.5 Å². The molecule has 1 heterocycles. The number of carbonyl (C=O) groups is 1. The first-order valence-corrected chi connectivity index (χ1v) is 12.8. The van der Waals surface area contributed by atoms with E-state index in [1.54, 1.807) is 18.2 Å². The van der Waals surface area contributed by atoms with Crippen LogP contribution >= 0.6 is 11.3 Å². The molecule has 0 saturated carbocycles. The van der Waals surface area contributed by atoms with Gasteiger partial charge in [0.05, 0.1) is 19.8 Å². The Morgan fingerprint density at radius 1 is 1.00 bits per heavy atom. The smallest absolute Gasteiger partial charge is 0.268 e. The Balaban J connectivity index is 1.52. The molecule has 0 unspecified atom stereocenters. The predicted octanol–water partition coefficient (Wildman–Crippen LogP) is 4.91. The van der Waals surface area contributed by atoms with Crippen LogP contribution in [0.25, 0.3) is 6.08 Å². The second-order valence-electron chi connectivity index (χ2n) is 7.64. The minimum absolute atomic E-state index is 0.0607. The standard InChI is InChI=1S/C27H30N4O5S/c1-3-8-25-30-31-27(37-25)29-26(32)21(19-28)17-20-11-12-23(24(18-20)34-4-2)36-16-14-33-13-15-35-22-9-6-5-7-10-22/h5-7,9-12,17-18H,3-4,8,13-16H2,1-2H3,(H,29,31,32)/b21-17-. The molecule has 3 aromatic rings. The number of para-hydroxylation sites is 1. The largest absolute Gasteiger partial charge is 0.491 e. The third kappa shape index (κ3) is 9.22. The van der Waals surface area contributed by atoms with E-state index in [0.717, 1.165) is 23.6 Å². The van der Waals surface area contributed by atoms with Crippen LogP contribution in [0.15, 0.2) is 54.1 Å². The van der Waals surface area contributed by atoms with Crippen molar-refractivity contribution in [1.82, 2.24) is 10.2 Å². The highest BCUT2D eigenvalue weighted by molar-refractivity contribution is 7.15. The van der Waals surface area contributed by atoms with E-state index >= 15 is 0 Å². The Kier molecular flexibility index (Phi) is 11.4. The summed E-state index contributed by atoms with van der Waals surface area (Å²) in [4.78, 5) is 12.6. The molecule has 37 heavy (non-hydrogen) atoms. The predicted molar refractivity (Wildman–Crippen MR) is 142 cm³/mol. The van der Waals surface area contributed by atoms with Crippen molar-refractivity contribution in [2.75, 3.05) is 38.4 Å². The number of amides is 1. The lowest BCUT2D eigenvalue weighted by Crippen LogP contribution is -2.13. The number of nitriles is 1. The van der Waals surface area contributed by atoms with Crippen molar-refractivity contribution in [3.63, 3.8) is 0 Å². The zero-order valence-electron chi connectivity index (χ0n) is 20.9. The fourth-order valence-electron chi connectivity index (χ4n) is 3.15. The van der Waals surface area contributed by atoms with Crippen LogP contribution in [0.1, 0.15) is 30.8 Å². The number of rotatable bonds is 15. The number of ether oxygens (including phenoxy) is 4. The lowest BCUT2D eigenvalue weighted by Gasteiger charge is -2.13. The van der Waals surface area contributed by atoms with Gasteiger partial charge in [0.2, 0.25) is 5.13 Å². The Morgan fingerprint density at radius 3 is 2.51 bits per heavy atom. The molecule has 0 radical (unpaired) electrons. The Labute approximate surface area is 220 Å². The molecule has 0 aliphatic carbocycles. The van der Waals surface area contributed by atoms with Crippen molar-refractivity contribution in [2.45, 2.75) is 26.7 Å². The molecular formula is C27H30N4O5S. The molecule has 2 aromatic carbocycles. The number of carbonyl (C=O) groups excluding carboxylic acids is 1. The minimum atomic E-state index is -0.548. The summed E-state index contributed by atoms with van der Waals surface area (Å²) >= 11 is 1.30. The van der Waals surface area contributed by atoms with Crippen LogP contribution in [0.3, 0.4) is 0 Å². The minimum Gasteiger partial charge on any atom is -0.491 e. The number of aromatic nitrogens is 2. The molecule has 0 saturated heterocycles. The SMILES string of the molecule is CCCc1nnc(NC(=O)/C(C#N)=C\c2ccc(OCCOCCOc3ccccc3)c(OCC)c2)s1. The first-order valence-electron chi connectivity index (χ1n) is 12.0. The molecule has 0 aliphatic rings. The van der Waals surface area contributed by atoms with Crippen molar-refractivity contribution in [2.24, 2.45) is 0 Å². The van der Waals surface area contributed by atoms with Crippen LogP contribution in [0.4, 0.5) is 5.13 Å². The van der Waals surface area contributed by atoms with Crippen LogP contribution in [0.5, 0.6) is 17.2 Å². The summed E-state index contributed by atoms with van der Waals surface area (Å²) in [5.41, 5.74) is 0.565. The molecular weight excluding hydrogens is 492 g/mol. The normalized spacial score (nSPS) is 11.0. The zero-order valence-corrected chi connectivity index (χ0v) is 21.8. The van der Waals surface area contributed by atoms with Gasteiger partial charge in [-0.25, -0.2) is 0 Å². The van der Waals surface area contributed by atoms with E-state index in [1.807, 2.05) is 50.2 Å². The molecule has 0 bridgehead atoms. The molecule has 0 aliphatic heterocycles. The Bertz CT molecular complexity index is 1210. The lowest BCUT2D eigenvalue weighted by molar-refractivity contribution is -0.112. The monoisotopic (exact) mass is 522 g/mol. The molecule has 1 N–H and O–H groups in total. The second-order valence-corrected chi connectivity index (χ2v) is 8.70. The summed E-state index contributed by atoms with van der Waals surface area (Å²) in [7, 11) is 0. The van der Waals surface area contributed by atoms with Crippen molar-refractivity contribution in [3.05, 3.63) is 64.7 Å². The summed E-state index contributed by atoms with van der Waals surface area (Å²) < 4.78 is 22.7. The number of nitrogens with zero attached hydrogens (tertiary/aromatic N) is 3. The van der Waals surface area contributed by atoms with E-state index in [1.165, 1.54) is 17.4 Å². The molecule has 0 spiro atoms. The van der Waals surface area contributed by atoms with Crippen molar-refractivity contribution in [3.8, 4) is 23.3 Å². The highest BCUT2D eigenvalue weighted by Gasteiger charge is 2.14. The molecule has 0 fully saturated rings. The number of hydrogen-bond donors (Lipinski definition) is 1. The van der Waals surface area contributed by atoms with E-state index in [4.69, 9.17) is 18.9 Å². The molecule has 3 rings (SSSR count). The Hall–Kier alpha value is -3.94. The van der Waals surface area contributed by atoms with Crippen LogP contribution in [0, 0.1) is 11.3 Å². The molecule has 10 heteroatoms. The van der Waals surface area contributed by atoms with Crippen LogP contribution < -0.4 is 19.5 Å². The van der Waals surface area contributed by atoms with Gasteiger partial charge in [-0.3, -0.25) is 10.1 Å². The summed E-state index contributed by atoms with van der Waals surface area (Å²) in [6.45, 7) is 5.94. The molecule has 9 nitrogen and oxygen atoms in total. The van der Waals surface area contributed by atoms with E-state index in [0.29, 0.717) is 55.2 Å². The second kappa shape index (κ2) is 15.2. The highest BCUT2D eigenvalue weighted by Crippen LogP contribution is 2.29. The van der Waals surface area contributed by atoms with Crippen molar-refractivity contribution >= 4 is 28.5 Å². The number of benzene rings is 2. The lowest BCUT2D eigenvalue weighted by atomic mass is 10.1. The van der Waals surface area contributed by atoms with Gasteiger partial charge in [0, 0.05) is 6.42 Å². The summed E-state index contributed by atoms with van der Waals surface area (Å²) in [5.74, 6) is 1.31. The number of hydrogen-bond acceptors (Lipinski definition) is 9. The van der Waals surface area contributed by atoms with E-state index < -0.39 is 5.91 Å². The van der Waals surface area contributed by atoms with Gasteiger partial charge in [0.25, 0.3) is 5.91 Å². The third-order valence-corrected chi connectivity index (χ3v) is 5.72. The summed E-state index contributed by atoms with van der Waals surface area (Å²) in [6.07, 6.45) is 3.22. The van der Waals surface area contributed by atoms with Crippen LogP contribution in [0.2, 0.25) is 0 Å². The van der Waals surface area contributed by atoms with Crippen molar-refractivity contribution < 1.29 is 23.7 Å². The quantitative estimate of drug-likeness (QED) is 0.170. The van der Waals surface area contributed by atoms with Gasteiger partial charge in [0.15, 0.2) is 11.5 Å². The van der Waals surface area contributed by atoms with Crippen LogP contribution in [-0.4, -0.2) is 49.1 Å². The summed E-state index contributed by atoms with van der Waals surface area (Å²) in [6, 6.07) is 16.7. The van der Waals surface area contributed by atoms with Gasteiger partial charge >= 0.3 is 0 Å². The first kappa shape index (κ1) is 27.6. The van der Waals surface area contributed by atoms with E-state index in [-0.39, 0.29) is 5.57 Å². The van der Waals surface area contributed by atoms with Gasteiger partial charge < -0.3 is 18.9 Å². The van der Waals surface area contributed by atoms with E-state index in [9.17, 15) is 10.1 Å². The molecule has 1 amide bonds.